The second kappa shape index (κ2) is 27.6. The van der Waals surface area contributed by atoms with Gasteiger partial charge in [-0.1, -0.05) is 167 Å². The molecule has 2 N–H and O–H groups in total. The maximum atomic E-state index is 15.6. The van der Waals surface area contributed by atoms with Crippen molar-refractivity contribution in [3.8, 4) is 11.5 Å². The fraction of sp³-hybridized carbons (Fsp3) is 0.484. The van der Waals surface area contributed by atoms with Crippen LogP contribution in [0.2, 0.25) is 0 Å². The van der Waals surface area contributed by atoms with E-state index < -0.39 is 17.7 Å². The summed E-state index contributed by atoms with van der Waals surface area (Å²) in [5, 5.41) is 27.6. The molecule has 1 aliphatic heterocycles. The van der Waals surface area contributed by atoms with E-state index in [1.54, 1.807) is 6.08 Å². The topological polar surface area (TPSA) is 123 Å². The highest BCUT2D eigenvalue weighted by molar-refractivity contribution is 6.03. The Bertz CT molecular complexity index is 2630. The number of rotatable bonds is 30. The van der Waals surface area contributed by atoms with Gasteiger partial charge >= 0.3 is 0 Å². The lowest BCUT2D eigenvalue weighted by Crippen LogP contribution is -2.70. The van der Waals surface area contributed by atoms with Gasteiger partial charge < -0.3 is 34.2 Å². The summed E-state index contributed by atoms with van der Waals surface area (Å²) in [6.07, 6.45) is 20.0. The first-order chi connectivity index (χ1) is 36.4. The fourth-order valence-corrected chi connectivity index (χ4v) is 12.1. The van der Waals surface area contributed by atoms with Crippen LogP contribution in [0.5, 0.6) is 11.5 Å². The maximum Gasteiger partial charge on any atom is 0.239 e. The molecule has 0 unspecified atom stereocenters. The molecule has 3 aliphatic rings. The van der Waals surface area contributed by atoms with E-state index in [1.165, 1.54) is 38.5 Å². The standard InChI is InChI=1S/C64H81N3O7/c1-4-6-7-8-9-10-11-12-16-35-61(70)67(44-51-31-24-30-49-28-17-18-33-54(49)51)60-43-58(66-73-45-48-26-14-13-15-27-48)56-41-50(29-19-21-38-68)55(34-20-22-39-69)62-57-42-53(71-46-52-32-23-25-47(3)65-52)36-37-59(57)74-64(60,63(56)62)72-40-5-2/h5,13-15,17-18,23-28,30-33,36-37,41-42,50,55,60,62-63,68-69H,2,4,6-12,16,19-22,29,34-35,38-40,43-46H2,1,3H3/t50-,55+,60-,62+,63+,64+/m0/s1. The van der Waals surface area contributed by atoms with E-state index in [0.29, 0.717) is 50.3 Å². The minimum atomic E-state index is -1.38. The Morgan fingerprint density at radius 3 is 2.32 bits per heavy atom. The molecule has 1 aromatic heterocycles. The highest BCUT2D eigenvalue weighted by atomic mass is 16.7. The lowest BCUT2D eigenvalue weighted by atomic mass is 9.55. The third-order valence-corrected chi connectivity index (χ3v) is 15.6. The molecular weight excluding hydrogens is 923 g/mol. The van der Waals surface area contributed by atoms with Gasteiger partial charge in [-0.15, -0.1) is 6.58 Å². The van der Waals surface area contributed by atoms with E-state index in [-0.39, 0.29) is 50.1 Å². The average molecular weight is 1000 g/mol. The summed E-state index contributed by atoms with van der Waals surface area (Å²) in [6.45, 7) is 9.76. The number of amides is 1. The molecule has 10 heteroatoms. The number of hydrogen-bond donors (Lipinski definition) is 2. The van der Waals surface area contributed by atoms with Crippen molar-refractivity contribution in [2.75, 3.05) is 19.8 Å². The van der Waals surface area contributed by atoms with Crippen molar-refractivity contribution in [2.24, 2.45) is 22.9 Å². The summed E-state index contributed by atoms with van der Waals surface area (Å²) in [4.78, 5) is 28.8. The zero-order valence-corrected chi connectivity index (χ0v) is 44.2. The van der Waals surface area contributed by atoms with Crippen LogP contribution in [0.3, 0.4) is 0 Å². The quantitative estimate of drug-likeness (QED) is 0.0265. The molecule has 1 fully saturated rings. The normalized spacial score (nSPS) is 21.3. The van der Waals surface area contributed by atoms with E-state index >= 15 is 4.79 Å². The number of benzene rings is 4. The number of hydrogen-bond acceptors (Lipinski definition) is 9. The number of unbranched alkanes of at least 4 members (excludes halogenated alkanes) is 10. The van der Waals surface area contributed by atoms with Gasteiger partial charge in [-0.3, -0.25) is 9.78 Å². The number of pyridine rings is 1. The highest BCUT2D eigenvalue weighted by Crippen LogP contribution is 2.62. The summed E-state index contributed by atoms with van der Waals surface area (Å²) in [6, 6.07) is 36.3. The van der Waals surface area contributed by atoms with Crippen LogP contribution in [-0.2, 0) is 34.1 Å². The Morgan fingerprint density at radius 1 is 0.824 bits per heavy atom. The molecule has 394 valence electrons. The molecule has 10 nitrogen and oxygen atoms in total. The van der Waals surface area contributed by atoms with Gasteiger partial charge in [-0.2, -0.15) is 0 Å². The number of carbonyl (C=O) groups is 1. The van der Waals surface area contributed by atoms with Gasteiger partial charge in [0, 0.05) is 49.8 Å². The van der Waals surface area contributed by atoms with Gasteiger partial charge in [-0.05, 0) is 109 Å². The Kier molecular flexibility index (Phi) is 20.3. The van der Waals surface area contributed by atoms with Gasteiger partial charge in [0.2, 0.25) is 11.7 Å². The van der Waals surface area contributed by atoms with Crippen LogP contribution in [0.4, 0.5) is 0 Å². The molecule has 1 saturated carbocycles. The highest BCUT2D eigenvalue weighted by Gasteiger charge is 2.65. The van der Waals surface area contributed by atoms with E-state index in [0.717, 1.165) is 95.1 Å². The molecule has 1 amide bonds. The second-order valence-corrected chi connectivity index (χ2v) is 20.8. The summed E-state index contributed by atoms with van der Waals surface area (Å²) in [5.74, 6) is -0.377. The summed E-state index contributed by atoms with van der Waals surface area (Å²) in [7, 11) is 0. The van der Waals surface area contributed by atoms with Crippen molar-refractivity contribution in [1.29, 1.82) is 0 Å². The zero-order chi connectivity index (χ0) is 51.5. The first-order valence-corrected chi connectivity index (χ1v) is 27.9. The van der Waals surface area contributed by atoms with Crippen molar-refractivity contribution in [3.05, 3.63) is 162 Å². The molecule has 0 radical (unpaired) electrons. The van der Waals surface area contributed by atoms with E-state index in [2.05, 4.69) is 73.0 Å². The number of oxime groups is 1. The third-order valence-electron chi connectivity index (χ3n) is 15.6. The molecule has 74 heavy (non-hydrogen) atoms. The van der Waals surface area contributed by atoms with Crippen LogP contribution in [0.25, 0.3) is 10.8 Å². The van der Waals surface area contributed by atoms with E-state index in [9.17, 15) is 10.2 Å². The largest absolute Gasteiger partial charge is 0.487 e. The molecule has 5 aromatic rings. The van der Waals surface area contributed by atoms with Crippen LogP contribution in [0.1, 0.15) is 150 Å². The minimum Gasteiger partial charge on any atom is -0.487 e. The average Bonchev–Trinajstić information content (AvgIpc) is 3.43. The molecule has 4 aromatic carbocycles. The Balaban J connectivity index is 1.28. The van der Waals surface area contributed by atoms with Gasteiger partial charge in [0.15, 0.2) is 0 Å². The van der Waals surface area contributed by atoms with Gasteiger partial charge in [-0.25, -0.2) is 0 Å². The van der Waals surface area contributed by atoms with Gasteiger partial charge in [0.1, 0.15) is 30.8 Å². The molecule has 2 heterocycles. The number of nitrogens with zero attached hydrogens (tertiary/aromatic N) is 3. The maximum absolute atomic E-state index is 15.6. The van der Waals surface area contributed by atoms with Crippen molar-refractivity contribution < 1.29 is 34.1 Å². The monoisotopic (exact) mass is 1000 g/mol. The number of aliphatic hydroxyl groups excluding tert-OH is 2. The number of carbonyl (C=O) groups excluding carboxylic acids is 1. The van der Waals surface area contributed by atoms with Crippen molar-refractivity contribution in [2.45, 2.75) is 161 Å². The Hall–Kier alpha value is -5.81. The van der Waals surface area contributed by atoms with E-state index in [4.69, 9.17) is 29.2 Å². The third kappa shape index (κ3) is 13.5. The SMILES string of the molecule is C=CCO[C@@]12Oc3ccc(OCc4cccc(C)n4)cc3[C@H]3[C@H](CCCCO)[C@@H](CCCCO)C=C(C(=NOCc4ccccc4)C[C@@H]1N(Cc1cccc4ccccc14)C(=O)CCCCCCCCCCC)[C@H]32. The predicted octanol–water partition coefficient (Wildman–Crippen LogP) is 13.9. The number of aromatic nitrogens is 1. The second-order valence-electron chi connectivity index (χ2n) is 20.8. The Labute approximate surface area is 440 Å². The zero-order valence-electron chi connectivity index (χ0n) is 44.2. The predicted molar refractivity (Wildman–Crippen MR) is 296 cm³/mol. The van der Waals surface area contributed by atoms with Crippen LogP contribution >= 0.6 is 0 Å². The number of fused-ring (bicyclic) bond motifs is 3. The fourth-order valence-electron chi connectivity index (χ4n) is 12.1. The molecular formula is C64H81N3O7. The number of aryl methyl sites for hydroxylation is 1. The van der Waals surface area contributed by atoms with Crippen LogP contribution < -0.4 is 9.47 Å². The van der Waals surface area contributed by atoms with Crippen LogP contribution in [-0.4, -0.2) is 63.4 Å². The van der Waals surface area contributed by atoms with Crippen molar-refractivity contribution in [1.82, 2.24) is 9.88 Å². The molecule has 0 spiro atoms. The van der Waals surface area contributed by atoms with Crippen molar-refractivity contribution in [3.63, 3.8) is 0 Å². The van der Waals surface area contributed by atoms with Crippen molar-refractivity contribution >= 4 is 22.4 Å². The minimum absolute atomic E-state index is 0.0566. The lowest BCUT2D eigenvalue weighted by Gasteiger charge is -2.60. The molecule has 6 atom stereocenters. The molecule has 8 rings (SSSR count). The molecule has 2 aliphatic carbocycles. The number of ether oxygens (including phenoxy) is 3. The molecule has 0 saturated heterocycles. The summed E-state index contributed by atoms with van der Waals surface area (Å²) >= 11 is 0. The number of aliphatic hydroxyl groups is 2. The lowest BCUT2D eigenvalue weighted by molar-refractivity contribution is -0.258. The van der Waals surface area contributed by atoms with E-state index in [1.807, 2.05) is 67.6 Å². The van der Waals surface area contributed by atoms with Crippen LogP contribution in [0, 0.1) is 24.7 Å². The first kappa shape index (κ1) is 54.5. The molecule has 0 bridgehead atoms. The number of allylic oxidation sites excluding steroid dienone is 1. The smallest absolute Gasteiger partial charge is 0.239 e. The van der Waals surface area contributed by atoms with Gasteiger partial charge in [0.25, 0.3) is 0 Å². The Morgan fingerprint density at radius 2 is 1.55 bits per heavy atom. The van der Waals surface area contributed by atoms with Crippen LogP contribution in [0.15, 0.2) is 139 Å². The first-order valence-electron chi connectivity index (χ1n) is 27.9. The van der Waals surface area contributed by atoms with Gasteiger partial charge in [0.05, 0.1) is 23.9 Å². The summed E-state index contributed by atoms with van der Waals surface area (Å²) in [5.41, 5.74) is 6.63. The summed E-state index contributed by atoms with van der Waals surface area (Å²) < 4.78 is 21.6.